The molecule has 1 atom stereocenters. The van der Waals surface area contributed by atoms with Crippen LogP contribution in [0.25, 0.3) is 0 Å². The Morgan fingerprint density at radius 1 is 1.09 bits per heavy atom. The molecule has 1 aliphatic carbocycles. The van der Waals surface area contributed by atoms with Gasteiger partial charge in [0.15, 0.2) is 0 Å². The van der Waals surface area contributed by atoms with Gasteiger partial charge in [-0.15, -0.1) is 11.1 Å². The van der Waals surface area contributed by atoms with Crippen LogP contribution in [0.4, 0.5) is 0 Å². The van der Waals surface area contributed by atoms with Crippen LogP contribution in [0.2, 0.25) is 11.5 Å². The van der Waals surface area contributed by atoms with Gasteiger partial charge in [-0.1, -0.05) is 19.3 Å². The Hall–Kier alpha value is 0.452. The summed E-state index contributed by atoms with van der Waals surface area (Å²) >= 11 is 7.14. The van der Waals surface area contributed by atoms with Crippen LogP contribution in [-0.2, 0) is 13.7 Å². The molecule has 1 heterocycles. The van der Waals surface area contributed by atoms with Crippen molar-refractivity contribution in [1.29, 1.82) is 0 Å². The lowest BCUT2D eigenvalue weighted by molar-refractivity contribution is 0.00578. The summed E-state index contributed by atoms with van der Waals surface area (Å²) in [5.41, 5.74) is -0.0768. The van der Waals surface area contributed by atoms with E-state index in [-0.39, 0.29) is 24.4 Å². The molecule has 2 aliphatic rings. The summed E-state index contributed by atoms with van der Waals surface area (Å²) in [6.45, 7) is 12.5. The van der Waals surface area contributed by atoms with Gasteiger partial charge < -0.3 is 13.7 Å². The molecule has 0 aromatic carbocycles. The average molecular weight is 347 g/mol. The topological polar surface area (TPSA) is 27.7 Å². The Labute approximate surface area is 142 Å². The van der Waals surface area contributed by atoms with Crippen molar-refractivity contribution in [2.75, 3.05) is 0 Å². The van der Waals surface area contributed by atoms with Crippen molar-refractivity contribution in [3.8, 4) is 0 Å². The van der Waals surface area contributed by atoms with Gasteiger partial charge in [0, 0.05) is 12.0 Å². The van der Waals surface area contributed by atoms with Crippen LogP contribution < -0.4 is 0 Å². The number of hydrogen-bond acceptors (Lipinski definition) is 3. The molecule has 0 aromatic heterocycles. The molecule has 6 heteroatoms. The maximum absolute atomic E-state index is 7.14. The Morgan fingerprint density at radius 3 is 2.05 bits per heavy atom. The van der Waals surface area contributed by atoms with Crippen LogP contribution in [0.3, 0.4) is 0 Å². The van der Waals surface area contributed by atoms with E-state index in [2.05, 4.69) is 41.5 Å². The van der Waals surface area contributed by atoms with Gasteiger partial charge in [0.1, 0.15) is 0 Å². The van der Waals surface area contributed by atoms with Crippen LogP contribution in [-0.4, -0.2) is 32.1 Å². The lowest BCUT2D eigenvalue weighted by Gasteiger charge is -2.37. The van der Waals surface area contributed by atoms with Crippen LogP contribution in [0, 0.1) is 0 Å². The van der Waals surface area contributed by atoms with Crippen LogP contribution in [0.1, 0.15) is 73.6 Å². The maximum Gasteiger partial charge on any atom is 0.458 e. The van der Waals surface area contributed by atoms with Gasteiger partial charge in [-0.25, -0.2) is 0 Å². The molecular weight excluding hydrogens is 315 g/mol. The molecular formula is C16H32BClO3Si. The predicted octanol–water partition coefficient (Wildman–Crippen LogP) is 5.06. The summed E-state index contributed by atoms with van der Waals surface area (Å²) < 4.78 is 18.7. The zero-order valence-corrected chi connectivity index (χ0v) is 16.8. The highest BCUT2D eigenvalue weighted by molar-refractivity contribution is 7.20. The van der Waals surface area contributed by atoms with E-state index in [1.54, 1.807) is 0 Å². The van der Waals surface area contributed by atoms with E-state index >= 15 is 0 Å². The minimum Gasteiger partial charge on any atom is -0.403 e. The van der Waals surface area contributed by atoms with Crippen molar-refractivity contribution in [1.82, 2.24) is 0 Å². The first-order valence-corrected chi connectivity index (χ1v) is 12.0. The highest BCUT2D eigenvalue weighted by Crippen LogP contribution is 2.46. The highest BCUT2D eigenvalue weighted by Gasteiger charge is 2.56. The number of halogens is 1. The quantitative estimate of drug-likeness (QED) is 0.514. The monoisotopic (exact) mass is 346 g/mol. The summed E-state index contributed by atoms with van der Waals surface area (Å²) in [4.78, 5) is 0. The molecule has 1 unspecified atom stereocenters. The Bertz CT molecular complexity index is 370. The largest absolute Gasteiger partial charge is 0.458 e. The van der Waals surface area contributed by atoms with Crippen LogP contribution in [0.5, 0.6) is 0 Å². The Morgan fingerprint density at radius 2 is 1.59 bits per heavy atom. The van der Waals surface area contributed by atoms with Crippen molar-refractivity contribution < 1.29 is 13.7 Å². The molecule has 1 saturated carbocycles. The standard InChI is InChI=1S/C16H32BClO3Si/c1-13(2)19-22(18,14-10-8-7-9-11-14)12-17-20-15(3,4)16(5,6)21-17/h13-14H,7-12H2,1-6H3. The van der Waals surface area contributed by atoms with Gasteiger partial charge in [-0.2, -0.15) is 0 Å². The lowest BCUT2D eigenvalue weighted by atomic mass is 9.90. The average Bonchev–Trinajstić information content (AvgIpc) is 2.56. The smallest absolute Gasteiger partial charge is 0.403 e. The zero-order valence-electron chi connectivity index (χ0n) is 15.1. The third kappa shape index (κ3) is 4.10. The van der Waals surface area contributed by atoms with Crippen LogP contribution >= 0.6 is 11.1 Å². The fourth-order valence-corrected chi connectivity index (χ4v) is 8.38. The molecule has 0 radical (unpaired) electrons. The second kappa shape index (κ2) is 6.75. The fourth-order valence-electron chi connectivity index (χ4n) is 3.51. The van der Waals surface area contributed by atoms with E-state index in [0.717, 1.165) is 5.94 Å². The second-order valence-corrected chi connectivity index (χ2v) is 13.1. The number of rotatable bonds is 5. The van der Waals surface area contributed by atoms with Gasteiger partial charge in [0.2, 0.25) is 0 Å². The molecule has 128 valence electrons. The van der Waals surface area contributed by atoms with E-state index in [0.29, 0.717) is 5.54 Å². The molecule has 0 N–H and O–H groups in total. The maximum atomic E-state index is 7.14. The first kappa shape index (κ1) is 18.8. The summed E-state index contributed by atoms with van der Waals surface area (Å²) in [6.07, 6.45) is 6.43. The molecule has 22 heavy (non-hydrogen) atoms. The fraction of sp³-hybridized carbons (Fsp3) is 1.00. The molecule has 0 amide bonds. The van der Waals surface area contributed by atoms with Crippen molar-refractivity contribution in [2.24, 2.45) is 0 Å². The van der Waals surface area contributed by atoms with E-state index < -0.39 is 7.63 Å². The Kier molecular flexibility index (Phi) is 5.77. The van der Waals surface area contributed by atoms with Crippen LogP contribution in [0.15, 0.2) is 0 Å². The molecule has 2 rings (SSSR count). The van der Waals surface area contributed by atoms with E-state index in [1.807, 2.05) is 0 Å². The minimum atomic E-state index is -2.38. The van der Waals surface area contributed by atoms with Crippen molar-refractivity contribution in [3.63, 3.8) is 0 Å². The van der Waals surface area contributed by atoms with Gasteiger partial charge in [0.05, 0.1) is 11.2 Å². The SMILES string of the molecule is CC(C)O[Si](Cl)(CB1OC(C)(C)C(C)(C)O1)C1CCCCC1. The third-order valence-corrected chi connectivity index (χ3v) is 10.6. The summed E-state index contributed by atoms with van der Waals surface area (Å²) in [6, 6.07) is 0. The molecule has 0 bridgehead atoms. The van der Waals surface area contributed by atoms with Crippen molar-refractivity contribution >= 4 is 25.8 Å². The molecule has 0 aromatic rings. The molecule has 1 aliphatic heterocycles. The third-order valence-electron chi connectivity index (χ3n) is 5.39. The second-order valence-electron chi connectivity index (χ2n) is 8.18. The molecule has 1 saturated heterocycles. The first-order chi connectivity index (χ1) is 10.1. The zero-order chi connectivity index (χ0) is 16.6. The highest BCUT2D eigenvalue weighted by atomic mass is 35.6. The van der Waals surface area contributed by atoms with Gasteiger partial charge in [-0.3, -0.25) is 0 Å². The van der Waals surface area contributed by atoms with Crippen molar-refractivity contribution in [3.05, 3.63) is 0 Å². The van der Waals surface area contributed by atoms with Gasteiger partial charge >= 0.3 is 7.12 Å². The lowest BCUT2D eigenvalue weighted by Crippen LogP contribution is -2.45. The minimum absolute atomic E-state index is 0.161. The van der Waals surface area contributed by atoms with E-state index in [1.165, 1.54) is 32.1 Å². The van der Waals surface area contributed by atoms with E-state index in [9.17, 15) is 0 Å². The first-order valence-electron chi connectivity index (χ1n) is 8.78. The van der Waals surface area contributed by atoms with Gasteiger partial charge in [0.25, 0.3) is 7.63 Å². The summed E-state index contributed by atoms with van der Waals surface area (Å²) in [7, 11) is -2.62. The molecule has 3 nitrogen and oxygen atoms in total. The molecule has 2 fully saturated rings. The predicted molar refractivity (Wildman–Crippen MR) is 95.6 cm³/mol. The summed E-state index contributed by atoms with van der Waals surface area (Å²) in [5.74, 6) is 0.726. The van der Waals surface area contributed by atoms with Gasteiger partial charge in [-0.05, 0) is 59.9 Å². The van der Waals surface area contributed by atoms with E-state index in [4.69, 9.17) is 24.8 Å². The Balaban J connectivity index is 2.10. The number of hydrogen-bond donors (Lipinski definition) is 0. The summed E-state index contributed by atoms with van der Waals surface area (Å²) in [5, 5.41) is 0. The van der Waals surface area contributed by atoms with Crippen molar-refractivity contribution in [2.45, 2.75) is 102 Å². The molecule has 0 spiro atoms. The normalized spacial score (nSPS) is 28.1.